The van der Waals surface area contributed by atoms with Crippen LogP contribution in [0.15, 0.2) is 24.3 Å². The minimum absolute atomic E-state index is 0.151. The van der Waals surface area contributed by atoms with Gasteiger partial charge >= 0.3 is 5.97 Å². The molecule has 1 saturated carbocycles. The van der Waals surface area contributed by atoms with Crippen molar-refractivity contribution in [2.45, 2.75) is 44.9 Å². The predicted molar refractivity (Wildman–Crippen MR) is 81.4 cm³/mol. The molecule has 114 valence electrons. The van der Waals surface area contributed by atoms with Gasteiger partial charge in [-0.05, 0) is 36.5 Å². The van der Waals surface area contributed by atoms with Crippen LogP contribution < -0.4 is 5.32 Å². The van der Waals surface area contributed by atoms with Crippen molar-refractivity contribution >= 4 is 11.9 Å². The van der Waals surface area contributed by atoms with Crippen molar-refractivity contribution < 1.29 is 14.7 Å². The summed E-state index contributed by atoms with van der Waals surface area (Å²) >= 11 is 0. The summed E-state index contributed by atoms with van der Waals surface area (Å²) in [5.74, 6) is -1.06. The number of carboxylic acid groups (broad SMARTS) is 1. The zero-order valence-corrected chi connectivity index (χ0v) is 12.5. The molecule has 1 amide bonds. The lowest BCUT2D eigenvalue weighted by Crippen LogP contribution is -2.31. The molecule has 1 aromatic carbocycles. The molecule has 21 heavy (non-hydrogen) atoms. The maximum Gasteiger partial charge on any atom is 0.308 e. The number of carbonyl (C=O) groups is 2. The number of nitrogens with one attached hydrogen (secondary N) is 1. The standard InChI is InChI=1S/C17H23NO3/c1-12(17(20)21)11-18-16(19)15-9-7-14(8-10-15)13-5-3-2-4-6-13/h7-10,12-13H,2-6,11H2,1H3,(H,18,19)(H,20,21). The van der Waals surface area contributed by atoms with Gasteiger partial charge in [0.15, 0.2) is 0 Å². The fourth-order valence-electron chi connectivity index (χ4n) is 2.78. The summed E-state index contributed by atoms with van der Waals surface area (Å²) in [6, 6.07) is 7.74. The Morgan fingerprint density at radius 3 is 2.38 bits per heavy atom. The first-order valence-electron chi connectivity index (χ1n) is 7.69. The highest BCUT2D eigenvalue weighted by Crippen LogP contribution is 2.32. The van der Waals surface area contributed by atoms with Gasteiger partial charge < -0.3 is 10.4 Å². The molecule has 2 rings (SSSR count). The Kier molecular flexibility index (Phi) is 5.37. The smallest absolute Gasteiger partial charge is 0.308 e. The third-order valence-corrected chi connectivity index (χ3v) is 4.24. The summed E-state index contributed by atoms with van der Waals surface area (Å²) in [6.45, 7) is 1.73. The fraction of sp³-hybridized carbons (Fsp3) is 0.529. The molecule has 0 aliphatic heterocycles. The van der Waals surface area contributed by atoms with Gasteiger partial charge in [-0.25, -0.2) is 0 Å². The Morgan fingerprint density at radius 2 is 1.81 bits per heavy atom. The average molecular weight is 289 g/mol. The molecular weight excluding hydrogens is 266 g/mol. The van der Waals surface area contributed by atoms with Crippen LogP contribution in [-0.2, 0) is 4.79 Å². The molecule has 1 aliphatic rings. The van der Waals surface area contributed by atoms with Crippen molar-refractivity contribution in [3.05, 3.63) is 35.4 Å². The van der Waals surface area contributed by atoms with E-state index >= 15 is 0 Å². The number of amides is 1. The largest absolute Gasteiger partial charge is 0.481 e. The van der Waals surface area contributed by atoms with Crippen LogP contribution in [0.4, 0.5) is 0 Å². The maximum absolute atomic E-state index is 12.0. The highest BCUT2D eigenvalue weighted by atomic mass is 16.4. The molecule has 1 atom stereocenters. The predicted octanol–water partition coefficient (Wildman–Crippen LogP) is 3.18. The molecule has 1 aliphatic carbocycles. The van der Waals surface area contributed by atoms with Gasteiger partial charge in [-0.3, -0.25) is 9.59 Å². The topological polar surface area (TPSA) is 66.4 Å². The Bertz CT molecular complexity index is 489. The van der Waals surface area contributed by atoms with Gasteiger partial charge in [0.05, 0.1) is 5.92 Å². The van der Waals surface area contributed by atoms with Gasteiger partial charge in [-0.1, -0.05) is 38.3 Å². The van der Waals surface area contributed by atoms with E-state index in [1.54, 1.807) is 6.92 Å². The summed E-state index contributed by atoms with van der Waals surface area (Å²) in [5.41, 5.74) is 1.90. The van der Waals surface area contributed by atoms with E-state index in [1.807, 2.05) is 24.3 Å². The first-order chi connectivity index (χ1) is 10.1. The van der Waals surface area contributed by atoms with E-state index in [9.17, 15) is 9.59 Å². The first kappa shape index (κ1) is 15.5. The van der Waals surface area contributed by atoms with Crippen molar-refractivity contribution in [2.24, 2.45) is 5.92 Å². The number of hydrogen-bond acceptors (Lipinski definition) is 2. The Hall–Kier alpha value is -1.84. The molecule has 1 aromatic rings. The highest BCUT2D eigenvalue weighted by molar-refractivity contribution is 5.94. The molecule has 2 N–H and O–H groups in total. The van der Waals surface area contributed by atoms with Gasteiger partial charge in [0, 0.05) is 12.1 Å². The number of hydrogen-bond donors (Lipinski definition) is 2. The molecule has 4 nitrogen and oxygen atoms in total. The van der Waals surface area contributed by atoms with Crippen molar-refractivity contribution in [2.75, 3.05) is 6.54 Å². The van der Waals surface area contributed by atoms with Crippen molar-refractivity contribution in [1.82, 2.24) is 5.32 Å². The van der Waals surface area contributed by atoms with E-state index < -0.39 is 11.9 Å². The summed E-state index contributed by atoms with van der Waals surface area (Å²) in [6.07, 6.45) is 6.39. The highest BCUT2D eigenvalue weighted by Gasteiger charge is 2.16. The molecule has 0 radical (unpaired) electrons. The van der Waals surface area contributed by atoms with Crippen LogP contribution in [0.3, 0.4) is 0 Å². The summed E-state index contributed by atoms with van der Waals surface area (Å²) < 4.78 is 0. The van der Waals surface area contributed by atoms with Crippen LogP contribution in [0.1, 0.15) is 60.9 Å². The van der Waals surface area contributed by atoms with Crippen LogP contribution in [0, 0.1) is 5.92 Å². The number of carboxylic acids is 1. The summed E-state index contributed by atoms with van der Waals surface area (Å²) in [7, 11) is 0. The molecule has 0 saturated heterocycles. The molecular formula is C17H23NO3. The van der Waals surface area contributed by atoms with Crippen LogP contribution in [0.25, 0.3) is 0 Å². The van der Waals surface area contributed by atoms with Gasteiger partial charge in [-0.15, -0.1) is 0 Å². The molecule has 0 heterocycles. The van der Waals surface area contributed by atoms with Crippen molar-refractivity contribution in [3.8, 4) is 0 Å². The van der Waals surface area contributed by atoms with Crippen LogP contribution in [-0.4, -0.2) is 23.5 Å². The SMILES string of the molecule is CC(CNC(=O)c1ccc(C2CCCCC2)cc1)C(=O)O. The van der Waals surface area contributed by atoms with Gasteiger partial charge in [0.2, 0.25) is 0 Å². The molecule has 0 bridgehead atoms. The van der Waals surface area contributed by atoms with Gasteiger partial charge in [-0.2, -0.15) is 0 Å². The number of benzene rings is 1. The lowest BCUT2D eigenvalue weighted by molar-refractivity contribution is -0.140. The Labute approximate surface area is 125 Å². The monoisotopic (exact) mass is 289 g/mol. The van der Waals surface area contributed by atoms with Crippen LogP contribution >= 0.6 is 0 Å². The lowest BCUT2D eigenvalue weighted by atomic mass is 9.84. The molecule has 4 heteroatoms. The normalized spacial score (nSPS) is 17.2. The van der Waals surface area contributed by atoms with Crippen molar-refractivity contribution in [3.63, 3.8) is 0 Å². The molecule has 0 aromatic heterocycles. The minimum Gasteiger partial charge on any atom is -0.481 e. The van der Waals surface area contributed by atoms with Gasteiger partial charge in [0.25, 0.3) is 5.91 Å². The molecule has 1 unspecified atom stereocenters. The zero-order chi connectivity index (χ0) is 15.2. The fourth-order valence-corrected chi connectivity index (χ4v) is 2.78. The maximum atomic E-state index is 12.0. The second-order valence-electron chi connectivity index (χ2n) is 5.91. The number of aliphatic carboxylic acids is 1. The van der Waals surface area contributed by atoms with E-state index in [4.69, 9.17) is 5.11 Å². The Morgan fingerprint density at radius 1 is 1.19 bits per heavy atom. The van der Waals surface area contributed by atoms with E-state index in [2.05, 4.69) is 5.32 Å². The number of rotatable bonds is 5. The summed E-state index contributed by atoms with van der Waals surface area (Å²) in [5, 5.41) is 11.5. The third kappa shape index (κ3) is 4.31. The van der Waals surface area contributed by atoms with E-state index in [0.717, 1.165) is 0 Å². The average Bonchev–Trinajstić information content (AvgIpc) is 2.53. The molecule has 1 fully saturated rings. The van der Waals surface area contributed by atoms with Gasteiger partial charge in [0.1, 0.15) is 0 Å². The zero-order valence-electron chi connectivity index (χ0n) is 12.5. The third-order valence-electron chi connectivity index (χ3n) is 4.24. The second-order valence-corrected chi connectivity index (χ2v) is 5.91. The lowest BCUT2D eigenvalue weighted by Gasteiger charge is -2.22. The quantitative estimate of drug-likeness (QED) is 0.875. The van der Waals surface area contributed by atoms with E-state index in [-0.39, 0.29) is 12.5 Å². The van der Waals surface area contributed by atoms with E-state index in [0.29, 0.717) is 11.5 Å². The minimum atomic E-state index is -0.900. The first-order valence-corrected chi connectivity index (χ1v) is 7.69. The van der Waals surface area contributed by atoms with Crippen molar-refractivity contribution in [1.29, 1.82) is 0 Å². The second kappa shape index (κ2) is 7.25. The number of carbonyl (C=O) groups excluding carboxylic acids is 1. The summed E-state index contributed by atoms with van der Waals surface area (Å²) in [4.78, 5) is 22.7. The van der Waals surface area contributed by atoms with E-state index in [1.165, 1.54) is 37.7 Å². The Balaban J connectivity index is 1.91. The van der Waals surface area contributed by atoms with Crippen LogP contribution in [0.5, 0.6) is 0 Å². The van der Waals surface area contributed by atoms with Crippen LogP contribution in [0.2, 0.25) is 0 Å². The molecule has 0 spiro atoms.